The van der Waals surface area contributed by atoms with Gasteiger partial charge in [-0.1, -0.05) is 6.07 Å². The average Bonchev–Trinajstić information content (AvgIpc) is 2.99. The van der Waals surface area contributed by atoms with Crippen molar-refractivity contribution >= 4 is 28.3 Å². The summed E-state index contributed by atoms with van der Waals surface area (Å²) in [6.45, 7) is 1.51. The first-order valence-corrected chi connectivity index (χ1v) is 7.16. The van der Waals surface area contributed by atoms with E-state index in [2.05, 4.69) is 10.3 Å². The van der Waals surface area contributed by atoms with Crippen LogP contribution in [-0.4, -0.2) is 23.8 Å². The Morgan fingerprint density at radius 3 is 2.48 bits per heavy atom. The maximum Gasteiger partial charge on any atom is 0.272 e. The van der Waals surface area contributed by atoms with Gasteiger partial charge in [0.05, 0.1) is 7.11 Å². The Kier molecular flexibility index (Phi) is 3.85. The molecule has 5 heteroatoms. The van der Waals surface area contributed by atoms with Gasteiger partial charge in [-0.2, -0.15) is 0 Å². The minimum absolute atomic E-state index is 0.00871. The van der Waals surface area contributed by atoms with Crippen LogP contribution >= 0.6 is 0 Å². The second-order valence-corrected chi connectivity index (χ2v) is 5.19. The molecule has 0 aliphatic rings. The van der Waals surface area contributed by atoms with Gasteiger partial charge in [0.1, 0.15) is 11.4 Å². The van der Waals surface area contributed by atoms with Crippen molar-refractivity contribution in [3.8, 4) is 5.75 Å². The van der Waals surface area contributed by atoms with Gasteiger partial charge in [0.15, 0.2) is 5.78 Å². The Morgan fingerprint density at radius 1 is 1.09 bits per heavy atom. The third kappa shape index (κ3) is 2.94. The smallest absolute Gasteiger partial charge is 0.272 e. The minimum Gasteiger partial charge on any atom is -0.496 e. The molecule has 0 bridgehead atoms. The molecule has 0 radical (unpaired) electrons. The quantitative estimate of drug-likeness (QED) is 0.723. The molecule has 23 heavy (non-hydrogen) atoms. The highest BCUT2D eigenvalue weighted by Crippen LogP contribution is 2.26. The number of nitrogens with one attached hydrogen (secondary N) is 2. The number of rotatable bonds is 4. The molecule has 5 nitrogen and oxygen atoms in total. The Bertz CT molecular complexity index is 879. The van der Waals surface area contributed by atoms with Gasteiger partial charge in [-0.3, -0.25) is 9.59 Å². The molecule has 0 saturated carbocycles. The number of anilines is 1. The molecule has 0 spiro atoms. The van der Waals surface area contributed by atoms with Crippen molar-refractivity contribution in [2.45, 2.75) is 6.92 Å². The first-order chi connectivity index (χ1) is 11.1. The lowest BCUT2D eigenvalue weighted by Gasteiger charge is -2.04. The first kappa shape index (κ1) is 14.8. The summed E-state index contributed by atoms with van der Waals surface area (Å²) in [5.74, 6) is 0.452. The van der Waals surface area contributed by atoms with Crippen LogP contribution in [0.1, 0.15) is 27.8 Å². The lowest BCUT2D eigenvalue weighted by Crippen LogP contribution is -2.12. The molecule has 1 heterocycles. The highest BCUT2D eigenvalue weighted by molar-refractivity contribution is 6.06. The number of amides is 1. The molecule has 0 saturated heterocycles. The SMILES string of the molecule is COc1cccc2[nH]c(C(=O)Nc3ccc(C(C)=O)cc3)cc12. The van der Waals surface area contributed by atoms with Crippen LogP contribution in [0.2, 0.25) is 0 Å². The molecule has 0 aliphatic carbocycles. The van der Waals surface area contributed by atoms with E-state index in [-0.39, 0.29) is 11.7 Å². The Hall–Kier alpha value is -3.08. The normalized spacial score (nSPS) is 10.5. The zero-order valence-corrected chi connectivity index (χ0v) is 12.8. The number of fused-ring (bicyclic) bond motifs is 1. The van der Waals surface area contributed by atoms with Crippen molar-refractivity contribution in [3.05, 3.63) is 59.8 Å². The van der Waals surface area contributed by atoms with Crippen LogP contribution in [0, 0.1) is 0 Å². The third-order valence-corrected chi connectivity index (χ3v) is 3.64. The molecular formula is C18H16N2O3. The largest absolute Gasteiger partial charge is 0.496 e. The van der Waals surface area contributed by atoms with Crippen molar-refractivity contribution in [1.29, 1.82) is 0 Å². The van der Waals surface area contributed by atoms with E-state index in [9.17, 15) is 9.59 Å². The van der Waals surface area contributed by atoms with Crippen LogP contribution in [0.3, 0.4) is 0 Å². The highest BCUT2D eigenvalue weighted by atomic mass is 16.5. The van der Waals surface area contributed by atoms with Gasteiger partial charge < -0.3 is 15.0 Å². The second kappa shape index (κ2) is 5.96. The first-order valence-electron chi connectivity index (χ1n) is 7.16. The van der Waals surface area contributed by atoms with Crippen molar-refractivity contribution in [2.24, 2.45) is 0 Å². The summed E-state index contributed by atoms with van der Waals surface area (Å²) in [4.78, 5) is 26.7. The van der Waals surface area contributed by atoms with Crippen molar-refractivity contribution in [2.75, 3.05) is 12.4 Å². The fraction of sp³-hybridized carbons (Fsp3) is 0.111. The standard InChI is InChI=1S/C18H16N2O3/c1-11(21)12-6-8-13(9-7-12)19-18(22)16-10-14-15(20-16)4-3-5-17(14)23-2/h3-10,20H,1-2H3,(H,19,22). The molecule has 0 atom stereocenters. The molecule has 1 aromatic heterocycles. The number of ether oxygens (including phenoxy) is 1. The maximum atomic E-state index is 12.4. The van der Waals surface area contributed by atoms with Crippen LogP contribution in [-0.2, 0) is 0 Å². The summed E-state index contributed by atoms with van der Waals surface area (Å²) >= 11 is 0. The topological polar surface area (TPSA) is 71.2 Å². The number of Topliss-reactive ketones (excluding diaryl/α,β-unsaturated/α-hetero) is 1. The number of aromatic nitrogens is 1. The molecule has 0 aliphatic heterocycles. The Balaban J connectivity index is 1.84. The summed E-state index contributed by atoms with van der Waals surface area (Å²) in [5, 5.41) is 3.65. The maximum absolute atomic E-state index is 12.4. The van der Waals surface area contributed by atoms with E-state index in [1.54, 1.807) is 37.4 Å². The number of benzene rings is 2. The van der Waals surface area contributed by atoms with Gasteiger partial charge in [-0.05, 0) is 49.4 Å². The Morgan fingerprint density at radius 2 is 1.83 bits per heavy atom. The zero-order valence-electron chi connectivity index (χ0n) is 12.8. The molecule has 0 fully saturated rings. The third-order valence-electron chi connectivity index (χ3n) is 3.64. The van der Waals surface area contributed by atoms with Gasteiger partial charge >= 0.3 is 0 Å². The second-order valence-electron chi connectivity index (χ2n) is 5.19. The summed E-state index contributed by atoms with van der Waals surface area (Å²) < 4.78 is 5.29. The number of hydrogen-bond acceptors (Lipinski definition) is 3. The zero-order chi connectivity index (χ0) is 16.4. The summed E-state index contributed by atoms with van der Waals surface area (Å²) in [5.41, 5.74) is 2.52. The van der Waals surface area contributed by atoms with E-state index in [0.717, 1.165) is 10.9 Å². The van der Waals surface area contributed by atoms with Crippen LogP contribution in [0.5, 0.6) is 5.75 Å². The average molecular weight is 308 g/mol. The van der Waals surface area contributed by atoms with Crippen LogP contribution in [0.15, 0.2) is 48.5 Å². The summed E-state index contributed by atoms with van der Waals surface area (Å²) in [7, 11) is 1.60. The van der Waals surface area contributed by atoms with Gasteiger partial charge in [-0.25, -0.2) is 0 Å². The predicted octanol–water partition coefficient (Wildman–Crippen LogP) is 3.63. The van der Waals surface area contributed by atoms with Crippen molar-refractivity contribution < 1.29 is 14.3 Å². The number of ketones is 1. The number of carbonyl (C=O) groups is 2. The van der Waals surface area contributed by atoms with Gasteiger partial charge in [-0.15, -0.1) is 0 Å². The number of aromatic amines is 1. The fourth-order valence-corrected chi connectivity index (χ4v) is 2.41. The number of methoxy groups -OCH3 is 1. The predicted molar refractivity (Wildman–Crippen MR) is 89.3 cm³/mol. The molecule has 3 aromatic rings. The van der Waals surface area contributed by atoms with E-state index in [1.165, 1.54) is 6.92 Å². The monoisotopic (exact) mass is 308 g/mol. The summed E-state index contributed by atoms with van der Waals surface area (Å²) in [6.07, 6.45) is 0. The summed E-state index contributed by atoms with van der Waals surface area (Å²) in [6, 6.07) is 14.1. The van der Waals surface area contributed by atoms with Gasteiger partial charge in [0.25, 0.3) is 5.91 Å². The van der Waals surface area contributed by atoms with E-state index in [4.69, 9.17) is 4.74 Å². The molecular weight excluding hydrogens is 292 g/mol. The molecule has 116 valence electrons. The van der Waals surface area contributed by atoms with E-state index in [0.29, 0.717) is 22.7 Å². The van der Waals surface area contributed by atoms with Crippen LogP contribution < -0.4 is 10.1 Å². The van der Waals surface area contributed by atoms with E-state index in [1.807, 2.05) is 18.2 Å². The molecule has 1 amide bonds. The van der Waals surface area contributed by atoms with Crippen LogP contribution in [0.4, 0.5) is 5.69 Å². The molecule has 2 N–H and O–H groups in total. The van der Waals surface area contributed by atoms with E-state index < -0.39 is 0 Å². The lowest BCUT2D eigenvalue weighted by atomic mass is 10.1. The van der Waals surface area contributed by atoms with E-state index >= 15 is 0 Å². The molecule has 0 unspecified atom stereocenters. The number of hydrogen-bond donors (Lipinski definition) is 2. The Labute approximate surface area is 133 Å². The number of carbonyl (C=O) groups excluding carboxylic acids is 2. The lowest BCUT2D eigenvalue weighted by molar-refractivity contribution is 0.101. The van der Waals surface area contributed by atoms with Gasteiger partial charge in [0.2, 0.25) is 0 Å². The number of H-pyrrole nitrogens is 1. The minimum atomic E-state index is -0.251. The van der Waals surface area contributed by atoms with Crippen molar-refractivity contribution in [3.63, 3.8) is 0 Å². The van der Waals surface area contributed by atoms with Crippen molar-refractivity contribution in [1.82, 2.24) is 4.98 Å². The highest BCUT2D eigenvalue weighted by Gasteiger charge is 2.12. The molecule has 2 aromatic carbocycles. The van der Waals surface area contributed by atoms with Gasteiger partial charge in [0, 0.05) is 22.2 Å². The fourth-order valence-electron chi connectivity index (χ4n) is 2.41. The molecule has 3 rings (SSSR count). The van der Waals surface area contributed by atoms with Crippen LogP contribution in [0.25, 0.3) is 10.9 Å².